The van der Waals surface area contributed by atoms with E-state index in [-0.39, 0.29) is 16.6 Å². The van der Waals surface area contributed by atoms with Crippen LogP contribution in [-0.4, -0.2) is 12.2 Å². The SMILES string of the molecule is COc1cccc(CCCc2cc(=O)c3c(O)cccc3o2)c1. The highest BCUT2D eigenvalue weighted by Gasteiger charge is 2.08. The molecule has 1 N–H and O–H groups in total. The van der Waals surface area contributed by atoms with Gasteiger partial charge >= 0.3 is 0 Å². The van der Waals surface area contributed by atoms with Gasteiger partial charge in [0.2, 0.25) is 0 Å². The van der Waals surface area contributed by atoms with Gasteiger partial charge in [-0.15, -0.1) is 0 Å². The Bertz CT molecular complexity index is 880. The Labute approximate surface area is 134 Å². The van der Waals surface area contributed by atoms with Gasteiger partial charge in [-0.05, 0) is 42.7 Å². The molecule has 3 rings (SSSR count). The van der Waals surface area contributed by atoms with Gasteiger partial charge in [-0.3, -0.25) is 4.79 Å². The summed E-state index contributed by atoms with van der Waals surface area (Å²) in [6.07, 6.45) is 2.40. The van der Waals surface area contributed by atoms with Crippen molar-refractivity contribution in [3.05, 3.63) is 70.1 Å². The van der Waals surface area contributed by atoms with E-state index in [2.05, 4.69) is 6.07 Å². The fourth-order valence-electron chi connectivity index (χ4n) is 2.66. The number of phenols is 1. The number of fused-ring (bicyclic) bond motifs is 1. The standard InChI is InChI=1S/C19H18O4/c1-22-14-7-2-5-13(11-14)6-3-8-15-12-17(21)19-16(20)9-4-10-18(19)23-15/h2,4-5,7,9-12,20H,3,6,8H2,1H3. The number of aromatic hydroxyl groups is 1. The molecule has 0 fully saturated rings. The first kappa shape index (κ1) is 15.2. The third kappa shape index (κ3) is 3.37. The molecule has 0 aliphatic carbocycles. The number of ether oxygens (including phenoxy) is 1. The molecule has 0 spiro atoms. The molecule has 1 heterocycles. The second-order valence-corrected chi connectivity index (χ2v) is 5.43. The Kier molecular flexibility index (Phi) is 4.33. The van der Waals surface area contributed by atoms with Gasteiger partial charge in [0.25, 0.3) is 0 Å². The van der Waals surface area contributed by atoms with Gasteiger partial charge in [-0.2, -0.15) is 0 Å². The first-order chi connectivity index (χ1) is 11.2. The van der Waals surface area contributed by atoms with Gasteiger partial charge in [0, 0.05) is 12.5 Å². The summed E-state index contributed by atoms with van der Waals surface area (Å²) in [4.78, 5) is 12.1. The number of hydrogen-bond donors (Lipinski definition) is 1. The molecule has 2 aromatic carbocycles. The number of phenolic OH excluding ortho intramolecular Hbond substituents is 1. The van der Waals surface area contributed by atoms with E-state index >= 15 is 0 Å². The molecule has 4 heteroatoms. The summed E-state index contributed by atoms with van der Waals surface area (Å²) in [6.45, 7) is 0. The van der Waals surface area contributed by atoms with Gasteiger partial charge in [0.1, 0.15) is 28.2 Å². The molecule has 118 valence electrons. The molecule has 0 amide bonds. The minimum absolute atomic E-state index is 0.0424. The predicted molar refractivity (Wildman–Crippen MR) is 89.2 cm³/mol. The summed E-state index contributed by atoms with van der Waals surface area (Å²) in [6, 6.07) is 14.3. The molecule has 0 aliphatic rings. The number of hydrogen-bond acceptors (Lipinski definition) is 4. The zero-order valence-corrected chi connectivity index (χ0v) is 12.9. The highest BCUT2D eigenvalue weighted by Crippen LogP contribution is 2.22. The molecule has 0 bridgehead atoms. The van der Waals surface area contributed by atoms with Crippen molar-refractivity contribution in [2.45, 2.75) is 19.3 Å². The van der Waals surface area contributed by atoms with E-state index in [0.717, 1.165) is 18.6 Å². The molecule has 1 aromatic heterocycles. The molecule has 0 saturated carbocycles. The monoisotopic (exact) mass is 310 g/mol. The second kappa shape index (κ2) is 6.57. The van der Waals surface area contributed by atoms with Crippen molar-refractivity contribution in [1.82, 2.24) is 0 Å². The molecule has 4 nitrogen and oxygen atoms in total. The zero-order chi connectivity index (χ0) is 16.2. The van der Waals surface area contributed by atoms with Crippen LogP contribution in [0.25, 0.3) is 11.0 Å². The largest absolute Gasteiger partial charge is 0.507 e. The Morgan fingerprint density at radius 3 is 2.74 bits per heavy atom. The fraction of sp³-hybridized carbons (Fsp3) is 0.211. The van der Waals surface area contributed by atoms with Crippen LogP contribution < -0.4 is 10.2 Å². The Hall–Kier alpha value is -2.75. The second-order valence-electron chi connectivity index (χ2n) is 5.43. The Balaban J connectivity index is 1.73. The third-order valence-corrected chi connectivity index (χ3v) is 3.81. The van der Waals surface area contributed by atoms with Gasteiger partial charge in [0.05, 0.1) is 7.11 Å². The van der Waals surface area contributed by atoms with E-state index in [0.29, 0.717) is 17.8 Å². The lowest BCUT2D eigenvalue weighted by molar-refractivity contribution is 0.414. The average molecular weight is 310 g/mol. The van der Waals surface area contributed by atoms with Crippen LogP contribution in [0.5, 0.6) is 11.5 Å². The smallest absolute Gasteiger partial charge is 0.196 e. The van der Waals surface area contributed by atoms with Crippen molar-refractivity contribution < 1.29 is 14.3 Å². The van der Waals surface area contributed by atoms with E-state index in [9.17, 15) is 9.90 Å². The number of rotatable bonds is 5. The van der Waals surface area contributed by atoms with Crippen LogP contribution in [0.3, 0.4) is 0 Å². The minimum Gasteiger partial charge on any atom is -0.507 e. The summed E-state index contributed by atoms with van der Waals surface area (Å²) >= 11 is 0. The number of benzene rings is 2. The van der Waals surface area contributed by atoms with Crippen molar-refractivity contribution >= 4 is 11.0 Å². The molecule has 0 aliphatic heterocycles. The quantitative estimate of drug-likeness (QED) is 0.781. The molecule has 0 unspecified atom stereocenters. The lowest BCUT2D eigenvalue weighted by atomic mass is 10.1. The fourth-order valence-corrected chi connectivity index (χ4v) is 2.66. The van der Waals surface area contributed by atoms with E-state index < -0.39 is 0 Å². The van der Waals surface area contributed by atoms with E-state index in [1.54, 1.807) is 19.2 Å². The molecule has 0 radical (unpaired) electrons. The van der Waals surface area contributed by atoms with Crippen LogP contribution in [-0.2, 0) is 12.8 Å². The number of aryl methyl sites for hydroxylation is 2. The summed E-state index contributed by atoms with van der Waals surface area (Å²) in [5.41, 5.74) is 1.40. The van der Waals surface area contributed by atoms with Crippen molar-refractivity contribution in [3.63, 3.8) is 0 Å². The molecule has 0 saturated heterocycles. The van der Waals surface area contributed by atoms with E-state index in [4.69, 9.17) is 9.15 Å². The first-order valence-corrected chi connectivity index (χ1v) is 7.55. The van der Waals surface area contributed by atoms with Crippen LogP contribution in [0.1, 0.15) is 17.7 Å². The van der Waals surface area contributed by atoms with Crippen LogP contribution in [0.2, 0.25) is 0 Å². The lowest BCUT2D eigenvalue weighted by Crippen LogP contribution is -2.03. The van der Waals surface area contributed by atoms with E-state index in [1.165, 1.54) is 17.7 Å². The molecular weight excluding hydrogens is 292 g/mol. The predicted octanol–water partition coefficient (Wildman–Crippen LogP) is 3.68. The molecule has 23 heavy (non-hydrogen) atoms. The van der Waals surface area contributed by atoms with Gasteiger partial charge in [-0.25, -0.2) is 0 Å². The maximum absolute atomic E-state index is 12.1. The summed E-state index contributed by atoms with van der Waals surface area (Å²) < 4.78 is 10.9. The maximum Gasteiger partial charge on any atom is 0.196 e. The van der Waals surface area contributed by atoms with Crippen molar-refractivity contribution in [1.29, 1.82) is 0 Å². The van der Waals surface area contributed by atoms with Crippen molar-refractivity contribution in [2.75, 3.05) is 7.11 Å². The van der Waals surface area contributed by atoms with Crippen molar-refractivity contribution in [2.24, 2.45) is 0 Å². The highest BCUT2D eigenvalue weighted by atomic mass is 16.5. The van der Waals surface area contributed by atoms with Crippen LogP contribution in [0, 0.1) is 0 Å². The topological polar surface area (TPSA) is 59.7 Å². The minimum atomic E-state index is -0.208. The van der Waals surface area contributed by atoms with Crippen LogP contribution >= 0.6 is 0 Å². The summed E-state index contributed by atoms with van der Waals surface area (Å²) in [7, 11) is 1.65. The lowest BCUT2D eigenvalue weighted by Gasteiger charge is -2.06. The van der Waals surface area contributed by atoms with Crippen LogP contribution in [0.4, 0.5) is 0 Å². The van der Waals surface area contributed by atoms with Crippen molar-refractivity contribution in [3.8, 4) is 11.5 Å². The molecule has 3 aromatic rings. The zero-order valence-electron chi connectivity index (χ0n) is 12.9. The molecule has 0 atom stereocenters. The highest BCUT2D eigenvalue weighted by molar-refractivity contribution is 5.82. The summed E-state index contributed by atoms with van der Waals surface area (Å²) in [5.74, 6) is 1.44. The van der Waals surface area contributed by atoms with E-state index in [1.807, 2.05) is 18.2 Å². The molecular formula is C19H18O4. The summed E-state index contributed by atoms with van der Waals surface area (Å²) in [5, 5.41) is 9.99. The van der Waals surface area contributed by atoms with Gasteiger partial charge in [-0.1, -0.05) is 18.2 Å². The Morgan fingerprint density at radius 1 is 1.09 bits per heavy atom. The number of methoxy groups -OCH3 is 1. The average Bonchev–Trinajstić information content (AvgIpc) is 2.55. The van der Waals surface area contributed by atoms with Crippen LogP contribution in [0.15, 0.2) is 57.7 Å². The van der Waals surface area contributed by atoms with Gasteiger partial charge in [0.15, 0.2) is 5.43 Å². The first-order valence-electron chi connectivity index (χ1n) is 7.55. The maximum atomic E-state index is 12.1. The third-order valence-electron chi connectivity index (χ3n) is 3.81. The normalized spacial score (nSPS) is 10.8. The Morgan fingerprint density at radius 2 is 1.91 bits per heavy atom. The van der Waals surface area contributed by atoms with Gasteiger partial charge < -0.3 is 14.3 Å².